The molecule has 0 fully saturated rings. The molecule has 0 bridgehead atoms. The molecule has 42 heavy (non-hydrogen) atoms. The second-order valence-corrected chi connectivity index (χ2v) is 10.1. The third kappa shape index (κ3) is 7.64. The number of nitrogens with zero attached hydrogens (tertiary/aromatic N) is 4. The van der Waals surface area contributed by atoms with Gasteiger partial charge >= 0.3 is 6.11 Å². The van der Waals surface area contributed by atoms with Crippen LogP contribution in [0.4, 0.5) is 14.6 Å². The Labute approximate surface area is 254 Å². The minimum Gasteiger partial charge on any atom is -0.490 e. The molecule has 0 saturated carbocycles. The Bertz CT molecular complexity index is 1910. The van der Waals surface area contributed by atoms with Gasteiger partial charge in [0.1, 0.15) is 0 Å². The van der Waals surface area contributed by atoms with Crippen molar-refractivity contribution in [3.63, 3.8) is 0 Å². The summed E-state index contributed by atoms with van der Waals surface area (Å²) in [6, 6.07) is 10.4. The van der Waals surface area contributed by atoms with Crippen molar-refractivity contribution in [3.05, 3.63) is 72.6 Å². The lowest BCUT2D eigenvalue weighted by atomic mass is 9.87. The molecule has 0 saturated heterocycles. The first-order valence-electron chi connectivity index (χ1n) is 16.5. The fourth-order valence-electron chi connectivity index (χ4n) is 3.35. The Morgan fingerprint density at radius 2 is 1.60 bits per heavy atom. The van der Waals surface area contributed by atoms with Crippen molar-refractivity contribution < 1.29 is 48.9 Å². The molecule has 0 atom stereocenters. The Morgan fingerprint density at radius 3 is 2.21 bits per heavy atom. The zero-order valence-corrected chi connectivity index (χ0v) is 22.5. The summed E-state index contributed by atoms with van der Waals surface area (Å²) in [4.78, 5) is 15.5. The van der Waals surface area contributed by atoms with E-state index in [-0.39, 0.29) is 23.9 Å². The van der Waals surface area contributed by atoms with E-state index in [0.29, 0.717) is 0 Å². The minimum atomic E-state index is -4.84. The van der Waals surface area contributed by atoms with Gasteiger partial charge in [-0.05, 0) is 48.2 Å². The van der Waals surface area contributed by atoms with Crippen LogP contribution in [0.2, 0.25) is 0 Å². The van der Waals surface area contributed by atoms with Crippen molar-refractivity contribution in [2.75, 3.05) is 17.9 Å². The summed E-state index contributed by atoms with van der Waals surface area (Å²) in [6.07, 6.45) is -1.83. The molecule has 0 aliphatic heterocycles. The summed E-state index contributed by atoms with van der Waals surface area (Å²) < 4.78 is 145. The predicted octanol–water partition coefficient (Wildman–Crippen LogP) is 5.19. The van der Waals surface area contributed by atoms with E-state index in [0.717, 1.165) is 24.3 Å². The molecular weight excluding hydrogens is 572 g/mol. The number of sulfonamides is 1. The van der Waals surface area contributed by atoms with Crippen LogP contribution in [0.25, 0.3) is 11.6 Å². The number of anilines is 1. The summed E-state index contributed by atoms with van der Waals surface area (Å²) in [5.41, 5.74) is -4.13. The van der Waals surface area contributed by atoms with E-state index in [2.05, 4.69) is 24.7 Å². The van der Waals surface area contributed by atoms with Gasteiger partial charge in [-0.1, -0.05) is 44.8 Å². The summed E-state index contributed by atoms with van der Waals surface area (Å²) in [6.45, 7) is -10.7. The zero-order valence-electron chi connectivity index (χ0n) is 30.7. The van der Waals surface area contributed by atoms with Crippen LogP contribution in [0.5, 0.6) is 23.1 Å². The van der Waals surface area contributed by atoms with Crippen LogP contribution in [-0.4, -0.2) is 52.8 Å². The van der Waals surface area contributed by atoms with Crippen LogP contribution in [-0.2, 0) is 15.4 Å². The molecule has 2 aromatic heterocycles. The highest BCUT2D eigenvalue weighted by molar-refractivity contribution is 7.92. The Kier molecular flexibility index (Phi) is 5.94. The van der Waals surface area contributed by atoms with Gasteiger partial charge in [0.05, 0.1) is 11.5 Å². The van der Waals surface area contributed by atoms with E-state index in [1.165, 1.54) is 36.7 Å². The molecule has 0 spiro atoms. The summed E-state index contributed by atoms with van der Waals surface area (Å²) >= 11 is 0. The molecule has 2 N–H and O–H groups in total. The van der Waals surface area contributed by atoms with Gasteiger partial charge < -0.3 is 19.3 Å². The number of alkyl halides is 2. The Morgan fingerprint density at radius 1 is 0.929 bits per heavy atom. The maximum Gasteiger partial charge on any atom is 0.387 e. The van der Waals surface area contributed by atoms with Gasteiger partial charge in [-0.2, -0.15) is 13.8 Å². The van der Waals surface area contributed by atoms with E-state index in [1.807, 2.05) is 0 Å². The van der Waals surface area contributed by atoms with Crippen LogP contribution < -0.4 is 18.9 Å². The van der Waals surface area contributed by atoms with Crippen molar-refractivity contribution in [1.29, 1.82) is 0 Å². The highest BCUT2D eigenvalue weighted by Gasteiger charge is 2.30. The topological polar surface area (TPSA) is 146 Å². The third-order valence-electron chi connectivity index (χ3n) is 5.17. The molecular formula is C28H29F2N5O6S. The van der Waals surface area contributed by atoms with Gasteiger partial charge in [0.25, 0.3) is 15.9 Å². The first kappa shape index (κ1) is 20.4. The van der Waals surface area contributed by atoms with E-state index < -0.39 is 82.4 Å². The number of para-hydroxylation sites is 2. The first-order valence-corrected chi connectivity index (χ1v) is 13.5. The lowest BCUT2D eigenvalue weighted by molar-refractivity contribution is -0.217. The number of nitrogens with one attached hydrogen (secondary N) is 1. The van der Waals surface area contributed by atoms with E-state index in [9.17, 15) is 17.2 Å². The van der Waals surface area contributed by atoms with Crippen LogP contribution in [0, 0.1) is 0 Å². The first-order chi connectivity index (χ1) is 23.5. The number of rotatable bonds is 11. The fraction of sp³-hybridized carbons (Fsp3) is 0.286. The molecule has 2 heterocycles. The van der Waals surface area contributed by atoms with E-state index >= 15 is 0 Å². The average molecular weight is 611 g/mol. The number of hydrogen-bond donors (Lipinski definition) is 2. The van der Waals surface area contributed by atoms with Crippen LogP contribution in [0.15, 0.2) is 71.9 Å². The number of ether oxygens (including phenoxy) is 3. The number of aliphatic hydroxyl groups is 1. The molecule has 14 heteroatoms. The number of benzene rings is 2. The standard InChI is InChI=1S/C28H29F2N5O6S/c1-5-39-20-9-6-7-10-21(20)41-22-23(35-42(37,38)19-13-11-18(12-14-19)27(2,3)4)33-25(24-31-15-8-16-32-24)34-26(22)40-17-28(29,30)36/h6-16,36H,5,17H2,1-4H3,(H,33,34,35)/i2D3,3D3,4D3. The molecule has 11 nitrogen and oxygen atoms in total. The van der Waals surface area contributed by atoms with Crippen molar-refractivity contribution in [2.24, 2.45) is 0 Å². The summed E-state index contributed by atoms with van der Waals surface area (Å²) in [7, 11) is -4.84. The lowest BCUT2D eigenvalue weighted by Crippen LogP contribution is -2.25. The van der Waals surface area contributed by atoms with Crippen molar-refractivity contribution >= 4 is 15.8 Å². The van der Waals surface area contributed by atoms with E-state index in [1.54, 1.807) is 13.0 Å². The molecule has 222 valence electrons. The lowest BCUT2D eigenvalue weighted by Gasteiger charge is -2.20. The van der Waals surface area contributed by atoms with Gasteiger partial charge in [-0.3, -0.25) is 4.72 Å². The quantitative estimate of drug-likeness (QED) is 0.233. The largest absolute Gasteiger partial charge is 0.490 e. The Balaban J connectivity index is 1.91. The van der Waals surface area contributed by atoms with Gasteiger partial charge in [0, 0.05) is 24.7 Å². The molecule has 0 unspecified atom stereocenters. The smallest absolute Gasteiger partial charge is 0.387 e. The SMILES string of the molecule is [2H]C([2H])([2H])C(c1ccc(S(=O)(=O)Nc2nc(-c3ncccn3)nc(OCC(O)(F)F)c2Oc2ccccc2OCC)cc1)(C([2H])([2H])[2H])C([2H])([2H])[2H]. The normalized spacial score (nSPS) is 16.1. The van der Waals surface area contributed by atoms with Gasteiger partial charge in [0.2, 0.25) is 11.6 Å². The number of aromatic nitrogens is 4. The van der Waals surface area contributed by atoms with Gasteiger partial charge in [-0.15, -0.1) is 0 Å². The fourth-order valence-corrected chi connectivity index (χ4v) is 4.35. The minimum absolute atomic E-state index is 0.0765. The molecule has 0 amide bonds. The third-order valence-corrected chi connectivity index (χ3v) is 6.53. The zero-order chi connectivity index (χ0) is 38.0. The highest BCUT2D eigenvalue weighted by Crippen LogP contribution is 2.42. The molecule has 0 aliphatic rings. The maximum absolute atomic E-state index is 13.8. The molecule has 0 aliphatic carbocycles. The number of hydrogen-bond acceptors (Lipinski definition) is 10. The van der Waals surface area contributed by atoms with E-state index in [4.69, 9.17) is 31.7 Å². The summed E-state index contributed by atoms with van der Waals surface area (Å²) in [5.74, 6) is -2.87. The Hall–Kier alpha value is -4.43. The summed E-state index contributed by atoms with van der Waals surface area (Å²) in [5, 5.41) is 9.09. The van der Waals surface area contributed by atoms with Crippen LogP contribution in [0.1, 0.15) is 45.4 Å². The highest BCUT2D eigenvalue weighted by atomic mass is 32.2. The molecule has 4 aromatic rings. The average Bonchev–Trinajstić information content (AvgIpc) is 3.00. The number of halogens is 2. The van der Waals surface area contributed by atoms with Crippen LogP contribution in [0.3, 0.4) is 0 Å². The van der Waals surface area contributed by atoms with Gasteiger partial charge in [0.15, 0.2) is 29.7 Å². The molecule has 2 aromatic carbocycles. The maximum atomic E-state index is 13.8. The monoisotopic (exact) mass is 610 g/mol. The molecule has 4 rings (SSSR count). The predicted molar refractivity (Wildman–Crippen MR) is 149 cm³/mol. The second-order valence-electron chi connectivity index (χ2n) is 8.42. The van der Waals surface area contributed by atoms with Crippen molar-refractivity contribution in [1.82, 2.24) is 19.9 Å². The van der Waals surface area contributed by atoms with Crippen molar-refractivity contribution in [2.45, 2.75) is 43.9 Å². The van der Waals surface area contributed by atoms with Gasteiger partial charge in [-0.25, -0.2) is 23.4 Å². The van der Waals surface area contributed by atoms with Crippen molar-refractivity contribution in [3.8, 4) is 34.8 Å². The van der Waals surface area contributed by atoms with Crippen LogP contribution >= 0.6 is 0 Å². The second kappa shape index (κ2) is 12.2. The molecule has 0 radical (unpaired) electrons.